The van der Waals surface area contributed by atoms with Crippen LogP contribution in [0.25, 0.3) is 21.5 Å². The number of amides is 2. The van der Waals surface area contributed by atoms with Gasteiger partial charge in [-0.15, -0.1) is 0 Å². The molecule has 0 saturated carbocycles. The molecule has 2 amide bonds. The summed E-state index contributed by atoms with van der Waals surface area (Å²) in [5.74, 6) is 2.05. The Labute approximate surface area is 638 Å². The van der Waals surface area contributed by atoms with Crippen LogP contribution < -0.4 is 29.1 Å². The molecule has 0 spiro atoms. The molecule has 9 saturated heterocycles. The van der Waals surface area contributed by atoms with E-state index < -0.39 is 0 Å². The Hall–Kier alpha value is -7.94. The summed E-state index contributed by atoms with van der Waals surface area (Å²) >= 11 is 14.5. The fourth-order valence-corrected chi connectivity index (χ4v) is 20.2. The number of aromatic nitrogens is 4. The molecule has 9 fully saturated rings. The molecule has 13 heterocycles. The molecule has 11 aliphatic heterocycles. The average molecular weight is 1490 g/mol. The summed E-state index contributed by atoms with van der Waals surface area (Å²) in [6.07, 6.45) is 17.5. The predicted molar refractivity (Wildman–Crippen MR) is 414 cm³/mol. The van der Waals surface area contributed by atoms with Crippen LogP contribution in [0.15, 0.2) is 91.0 Å². The molecule has 2 unspecified atom stereocenters. The van der Waals surface area contributed by atoms with Crippen molar-refractivity contribution in [1.29, 1.82) is 10.5 Å². The van der Waals surface area contributed by atoms with Gasteiger partial charge in [-0.2, -0.15) is 30.5 Å². The van der Waals surface area contributed by atoms with Crippen molar-refractivity contribution in [1.82, 2.24) is 54.2 Å². The zero-order chi connectivity index (χ0) is 72.8. The summed E-state index contributed by atoms with van der Waals surface area (Å²) in [5.41, 5.74) is 7.06. The maximum Gasteiger partial charge on any atom is 0.318 e. The van der Waals surface area contributed by atoms with Gasteiger partial charge in [0.2, 0.25) is 11.8 Å². The monoisotopic (exact) mass is 1490 g/mol. The van der Waals surface area contributed by atoms with E-state index in [4.69, 9.17) is 62.1 Å². The number of ether oxygens (including phenoxy) is 4. The minimum Gasteiger partial charge on any atom is -0.461 e. The van der Waals surface area contributed by atoms with Gasteiger partial charge in [0.05, 0.1) is 115 Å². The van der Waals surface area contributed by atoms with Crippen molar-refractivity contribution in [2.24, 2.45) is 5.92 Å². The summed E-state index contributed by atoms with van der Waals surface area (Å²) in [6, 6.07) is 28.9. The van der Waals surface area contributed by atoms with Gasteiger partial charge in [0.1, 0.15) is 24.8 Å². The van der Waals surface area contributed by atoms with E-state index in [0.29, 0.717) is 132 Å². The lowest BCUT2D eigenvalue weighted by molar-refractivity contribution is -0.129. The third kappa shape index (κ3) is 14.5. The molecule has 0 radical (unpaired) electrons. The summed E-state index contributed by atoms with van der Waals surface area (Å²) in [4.78, 5) is 75.0. The van der Waals surface area contributed by atoms with E-state index >= 15 is 0 Å². The number of hydrogen-bond acceptors (Lipinski definition) is 21. The fourth-order valence-electron chi connectivity index (χ4n) is 19.7. The Balaban J connectivity index is 0.619. The Morgan fingerprint density at radius 3 is 1.81 bits per heavy atom. The molecule has 17 rings (SSSR count). The number of hydrogen-bond donors (Lipinski definition) is 0. The molecular formula is C82H99Cl2N17O6. The Morgan fingerprint density at radius 1 is 0.617 bits per heavy atom. The summed E-state index contributed by atoms with van der Waals surface area (Å²) in [7, 11) is 2.07. The highest BCUT2D eigenvalue weighted by Gasteiger charge is 2.51. The first kappa shape index (κ1) is 72.0. The maximum absolute atomic E-state index is 14.1. The molecule has 6 aromatic rings. The van der Waals surface area contributed by atoms with Gasteiger partial charge in [-0.05, 0) is 131 Å². The van der Waals surface area contributed by atoms with E-state index in [1.807, 2.05) is 34.1 Å². The van der Waals surface area contributed by atoms with E-state index in [9.17, 15) is 20.1 Å². The molecule has 23 nitrogen and oxygen atoms in total. The predicted octanol–water partition coefficient (Wildman–Crippen LogP) is 9.33. The van der Waals surface area contributed by atoms with Crippen molar-refractivity contribution in [2.45, 2.75) is 125 Å². The van der Waals surface area contributed by atoms with Crippen molar-refractivity contribution < 1.29 is 28.5 Å². The zero-order valence-corrected chi connectivity index (χ0v) is 63.2. The number of fused-ring (bicyclic) bond motifs is 6. The molecule has 0 bridgehead atoms. The maximum atomic E-state index is 14.1. The molecule has 11 aliphatic rings. The molecule has 4 aromatic carbocycles. The normalized spacial score (nSPS) is 24.5. The molecule has 0 aliphatic carbocycles. The van der Waals surface area contributed by atoms with Gasteiger partial charge in [-0.3, -0.25) is 29.2 Å². The number of carbonyl (C=O) groups excluding carboxylic acids is 2. The van der Waals surface area contributed by atoms with Crippen LogP contribution in [0.4, 0.5) is 23.0 Å². The first-order valence-electron chi connectivity index (χ1n) is 39.3. The number of piperazine rings is 3. The first-order chi connectivity index (χ1) is 52.4. The van der Waals surface area contributed by atoms with Crippen LogP contribution in [0.1, 0.15) is 98.3 Å². The third-order valence-corrected chi connectivity index (χ3v) is 26.1. The van der Waals surface area contributed by atoms with Crippen molar-refractivity contribution in [2.75, 3.05) is 184 Å². The van der Waals surface area contributed by atoms with Crippen molar-refractivity contribution in [3.8, 4) is 24.2 Å². The number of carbonyl (C=O) groups is 2. The van der Waals surface area contributed by atoms with E-state index in [1.165, 1.54) is 5.56 Å². The second-order valence-corrected chi connectivity index (χ2v) is 32.6. The van der Waals surface area contributed by atoms with Crippen LogP contribution in [-0.4, -0.2) is 260 Å². The van der Waals surface area contributed by atoms with Gasteiger partial charge in [0.25, 0.3) is 0 Å². The number of anilines is 4. The van der Waals surface area contributed by atoms with Crippen LogP contribution in [0.3, 0.4) is 0 Å². The lowest BCUT2D eigenvalue weighted by atomic mass is 9.93. The molecule has 2 aromatic heterocycles. The lowest BCUT2D eigenvalue weighted by Gasteiger charge is -2.42. The fraction of sp³-hybridized carbons (Fsp3) is 0.561. The molecular weight excluding hydrogens is 1390 g/mol. The quantitative estimate of drug-likeness (QED) is 0.0580. The first-order valence-corrected chi connectivity index (χ1v) is 40.1. The van der Waals surface area contributed by atoms with Crippen molar-refractivity contribution >= 4 is 79.6 Å². The van der Waals surface area contributed by atoms with Gasteiger partial charge in [-0.1, -0.05) is 77.8 Å². The van der Waals surface area contributed by atoms with Crippen LogP contribution in [-0.2, 0) is 45.0 Å². The summed E-state index contributed by atoms with van der Waals surface area (Å²) in [6.45, 7) is 18.9. The van der Waals surface area contributed by atoms with Gasteiger partial charge < -0.3 is 53.2 Å². The van der Waals surface area contributed by atoms with Gasteiger partial charge in [0.15, 0.2) is 0 Å². The van der Waals surface area contributed by atoms with Crippen LogP contribution in [0.2, 0.25) is 10.0 Å². The Morgan fingerprint density at radius 2 is 1.20 bits per heavy atom. The topological polar surface area (TPSA) is 206 Å². The molecule has 107 heavy (non-hydrogen) atoms. The number of halogens is 2. The molecule has 25 heteroatoms. The average Bonchev–Trinajstić information content (AvgIpc) is 1.69. The van der Waals surface area contributed by atoms with Gasteiger partial charge in [-0.25, -0.2) is 0 Å². The number of rotatable bonds is 22. The lowest BCUT2D eigenvalue weighted by Crippen LogP contribution is -2.56. The van der Waals surface area contributed by atoms with Crippen LogP contribution >= 0.6 is 23.2 Å². The minimum absolute atomic E-state index is 0.00567. The number of nitrogens with zero attached hydrogens (tertiary/aromatic N) is 17. The molecule has 4 atom stereocenters. The highest BCUT2D eigenvalue weighted by Crippen LogP contribution is 2.52. The Bertz CT molecular complexity index is 4440. The Kier molecular flexibility index (Phi) is 21.0. The van der Waals surface area contributed by atoms with Gasteiger partial charge in [0, 0.05) is 156 Å². The molecule has 0 N–H and O–H groups in total. The van der Waals surface area contributed by atoms with E-state index in [-0.39, 0.29) is 53.9 Å². The van der Waals surface area contributed by atoms with Crippen molar-refractivity contribution in [3.05, 3.63) is 129 Å². The van der Waals surface area contributed by atoms with E-state index in [1.54, 1.807) is 12.2 Å². The van der Waals surface area contributed by atoms with E-state index in [0.717, 1.165) is 204 Å². The second kappa shape index (κ2) is 31.2. The number of benzene rings is 4. The second-order valence-electron chi connectivity index (χ2n) is 31.8. The smallest absolute Gasteiger partial charge is 0.318 e. The van der Waals surface area contributed by atoms with Crippen molar-refractivity contribution in [3.63, 3.8) is 0 Å². The standard InChI is InChI=1S/C82H99Cl2N17O6/c1-91(46-57-51-104-52-57)31-5-16-73(102)99-44-42-96(47-59(99)21-29-85)77-65-24-37-95(50-69(65)87-79(89-77)106-55-81-25-7-33-98(81)34-8-26-81)72-15-4-12-63-62(18-19-67(84)76(63)72)70-20-28-82(27-9-35-101(70)82)56-107-80-88-68-49-94(71-14-3-11-58-10-2-13-66(83)75(58)71)36-23-64(68)78(90-80)97-43-45-100(60(48-97)22-30-86)74(103)17-6-32-92-38-40-93(41-39-92)61-53-105-54-61/h2-6,10-19,57,59-61,70H,7-9,20-28,31-56H2,1H3/b16-5+,17-6+/t59-,60-,70?,82?/m0/s1. The van der Waals surface area contributed by atoms with Crippen LogP contribution in [0.5, 0.6) is 12.0 Å². The molecule has 562 valence electrons. The summed E-state index contributed by atoms with van der Waals surface area (Å²) in [5, 5.41) is 26.2. The third-order valence-electron chi connectivity index (χ3n) is 25.5. The minimum atomic E-state index is -0.335. The SMILES string of the molecule is CN(C/C=C/C(=O)N1CCN(c2nc(OCC34CCCN3CCC4)nc3c2CCN(c2cccc4c(C5CCC6(COc7nc8c(c(N9CCN(C(=O)/C=C/CN%10CCN(C%11COC%11)CC%10)[C@@H](CC#N)C9)n7)CCN(c7cccc9cccc(Cl)c79)C8)CCCN56)ccc(Cl)c24)C3)C[C@@H]1CC#N)CC1COC1. The highest BCUT2D eigenvalue weighted by molar-refractivity contribution is 6.37. The number of nitriles is 2. The summed E-state index contributed by atoms with van der Waals surface area (Å²) < 4.78 is 24.8. The number of likely N-dealkylation sites (N-methyl/N-ethyl adjacent to an activating group) is 1. The zero-order valence-electron chi connectivity index (χ0n) is 61.7. The highest BCUT2D eigenvalue weighted by atomic mass is 35.5. The largest absolute Gasteiger partial charge is 0.461 e. The van der Waals surface area contributed by atoms with Gasteiger partial charge >= 0.3 is 12.0 Å². The van der Waals surface area contributed by atoms with E-state index in [2.05, 4.69) is 118 Å². The van der Waals surface area contributed by atoms with Crippen LogP contribution in [0, 0.1) is 28.6 Å².